The summed E-state index contributed by atoms with van der Waals surface area (Å²) in [5, 5.41) is 0. The van der Waals surface area contributed by atoms with Gasteiger partial charge in [-0.1, -0.05) is 35.4 Å². The molecule has 0 aliphatic carbocycles. The first-order chi connectivity index (χ1) is 10.5. The van der Waals surface area contributed by atoms with Crippen molar-refractivity contribution >= 4 is 11.9 Å². The predicted molar refractivity (Wildman–Crippen MR) is 75.8 cm³/mol. The van der Waals surface area contributed by atoms with Crippen LogP contribution in [0.25, 0.3) is 0 Å². The lowest BCUT2D eigenvalue weighted by Crippen LogP contribution is -2.23. The lowest BCUT2D eigenvalue weighted by atomic mass is 10.2. The van der Waals surface area contributed by atoms with Crippen LogP contribution in [-0.4, -0.2) is 11.9 Å². The van der Waals surface area contributed by atoms with Gasteiger partial charge in [0.05, 0.1) is 0 Å². The van der Waals surface area contributed by atoms with Crippen molar-refractivity contribution in [3.63, 3.8) is 0 Å². The molecule has 2 rings (SSSR count). The number of carbonyl (C=O) groups is 2. The molecule has 2 aromatic rings. The highest BCUT2D eigenvalue weighted by atomic mass is 17.2. The molecule has 0 bridgehead atoms. The fourth-order valence-corrected chi connectivity index (χ4v) is 1.43. The van der Waals surface area contributed by atoms with Crippen molar-refractivity contribution in [2.45, 2.75) is 13.8 Å². The Kier molecular flexibility index (Phi) is 4.98. The number of aryl methyl sites for hydroxylation is 2. The van der Waals surface area contributed by atoms with Crippen LogP contribution < -0.4 is 9.78 Å². The van der Waals surface area contributed by atoms with Gasteiger partial charge in [-0.3, -0.25) is 9.78 Å². The minimum atomic E-state index is -1.33. The number of rotatable bonds is 4. The molecule has 0 saturated heterocycles. The third-order valence-electron chi connectivity index (χ3n) is 2.64. The SMILES string of the molecule is Cc1ccc(OOC(=O)C(=O)OOc2ccc(C)cc2)cc1. The van der Waals surface area contributed by atoms with Crippen LogP contribution in [0.2, 0.25) is 0 Å². The normalized spacial score (nSPS) is 9.73. The van der Waals surface area contributed by atoms with Gasteiger partial charge in [0.2, 0.25) is 0 Å². The maximum absolute atomic E-state index is 11.4. The number of hydrogen-bond acceptors (Lipinski definition) is 6. The van der Waals surface area contributed by atoms with E-state index in [1.807, 2.05) is 13.8 Å². The van der Waals surface area contributed by atoms with Gasteiger partial charge in [0.15, 0.2) is 11.5 Å². The van der Waals surface area contributed by atoms with E-state index in [1.165, 1.54) is 0 Å². The number of benzene rings is 2. The molecule has 0 heterocycles. The number of carbonyl (C=O) groups excluding carboxylic acids is 2. The Labute approximate surface area is 127 Å². The zero-order chi connectivity index (χ0) is 15.9. The summed E-state index contributed by atoms with van der Waals surface area (Å²) in [6, 6.07) is 13.4. The Bertz CT molecular complexity index is 586. The Morgan fingerprint density at radius 3 is 1.27 bits per heavy atom. The van der Waals surface area contributed by atoms with Gasteiger partial charge in [-0.15, -0.1) is 0 Å². The van der Waals surface area contributed by atoms with Crippen LogP contribution >= 0.6 is 0 Å². The van der Waals surface area contributed by atoms with Gasteiger partial charge in [-0.05, 0) is 38.1 Å². The Morgan fingerprint density at radius 1 is 0.636 bits per heavy atom. The van der Waals surface area contributed by atoms with Crippen molar-refractivity contribution in [2.75, 3.05) is 0 Å². The summed E-state index contributed by atoms with van der Waals surface area (Å²) < 4.78 is 0. The quantitative estimate of drug-likeness (QED) is 0.491. The zero-order valence-corrected chi connectivity index (χ0v) is 12.1. The second kappa shape index (κ2) is 7.12. The lowest BCUT2D eigenvalue weighted by molar-refractivity contribution is -0.241. The van der Waals surface area contributed by atoms with Gasteiger partial charge >= 0.3 is 11.9 Å². The van der Waals surface area contributed by atoms with Gasteiger partial charge in [0.25, 0.3) is 0 Å². The average Bonchev–Trinajstić information content (AvgIpc) is 2.53. The zero-order valence-electron chi connectivity index (χ0n) is 12.1. The van der Waals surface area contributed by atoms with Gasteiger partial charge in [-0.2, -0.15) is 0 Å². The van der Waals surface area contributed by atoms with E-state index in [4.69, 9.17) is 9.78 Å². The molecule has 0 aliphatic heterocycles. The van der Waals surface area contributed by atoms with Crippen LogP contribution in [0.5, 0.6) is 11.5 Å². The van der Waals surface area contributed by atoms with Gasteiger partial charge in [0, 0.05) is 0 Å². The van der Waals surface area contributed by atoms with E-state index in [2.05, 4.69) is 9.78 Å². The monoisotopic (exact) mass is 302 g/mol. The summed E-state index contributed by atoms with van der Waals surface area (Å²) >= 11 is 0. The maximum Gasteiger partial charge on any atom is 0.467 e. The van der Waals surface area contributed by atoms with E-state index in [1.54, 1.807) is 48.5 Å². The van der Waals surface area contributed by atoms with Crippen LogP contribution in [0.1, 0.15) is 11.1 Å². The number of hydrogen-bond donors (Lipinski definition) is 0. The summed E-state index contributed by atoms with van der Waals surface area (Å²) in [6.45, 7) is 3.80. The molecule has 0 atom stereocenters. The first kappa shape index (κ1) is 15.4. The van der Waals surface area contributed by atoms with E-state index in [0.717, 1.165) is 11.1 Å². The Hall–Kier alpha value is -3.02. The first-order valence-corrected chi connectivity index (χ1v) is 6.45. The standard InChI is InChI=1S/C16H14O6/c1-11-3-7-13(8-4-11)19-21-15(17)16(18)22-20-14-9-5-12(2)6-10-14/h3-10H,1-2H3. The molecular formula is C16H14O6. The van der Waals surface area contributed by atoms with Crippen molar-refractivity contribution in [1.82, 2.24) is 0 Å². The molecule has 6 nitrogen and oxygen atoms in total. The molecule has 0 fully saturated rings. The smallest absolute Gasteiger partial charge is 0.286 e. The fourth-order valence-electron chi connectivity index (χ4n) is 1.43. The summed E-state index contributed by atoms with van der Waals surface area (Å²) in [6.07, 6.45) is 0. The largest absolute Gasteiger partial charge is 0.467 e. The van der Waals surface area contributed by atoms with E-state index in [9.17, 15) is 9.59 Å². The molecule has 0 radical (unpaired) electrons. The molecule has 0 spiro atoms. The summed E-state index contributed by atoms with van der Waals surface area (Å²) in [7, 11) is 0. The highest BCUT2D eigenvalue weighted by molar-refractivity contribution is 6.29. The summed E-state index contributed by atoms with van der Waals surface area (Å²) in [5.74, 6) is -2.09. The highest BCUT2D eigenvalue weighted by Crippen LogP contribution is 2.13. The van der Waals surface area contributed by atoms with Gasteiger partial charge in [-0.25, -0.2) is 19.4 Å². The molecular weight excluding hydrogens is 288 g/mol. The lowest BCUT2D eigenvalue weighted by Gasteiger charge is -2.05. The second-order valence-electron chi connectivity index (χ2n) is 4.53. The molecule has 0 saturated carbocycles. The molecule has 0 aromatic heterocycles. The van der Waals surface area contributed by atoms with Crippen molar-refractivity contribution in [3.8, 4) is 11.5 Å². The van der Waals surface area contributed by atoms with E-state index < -0.39 is 11.9 Å². The van der Waals surface area contributed by atoms with E-state index >= 15 is 0 Å². The molecule has 6 heteroatoms. The highest BCUT2D eigenvalue weighted by Gasteiger charge is 2.22. The van der Waals surface area contributed by atoms with Crippen LogP contribution in [0.3, 0.4) is 0 Å². The molecule has 0 N–H and O–H groups in total. The van der Waals surface area contributed by atoms with Crippen LogP contribution in [0.4, 0.5) is 0 Å². The Balaban J connectivity index is 1.78. The van der Waals surface area contributed by atoms with Gasteiger partial charge in [0.1, 0.15) is 0 Å². The minimum Gasteiger partial charge on any atom is -0.286 e. The topological polar surface area (TPSA) is 71.1 Å². The Morgan fingerprint density at radius 2 is 0.955 bits per heavy atom. The van der Waals surface area contributed by atoms with Crippen LogP contribution in [0.15, 0.2) is 48.5 Å². The van der Waals surface area contributed by atoms with Gasteiger partial charge < -0.3 is 0 Å². The summed E-state index contributed by atoms with van der Waals surface area (Å²) in [4.78, 5) is 40.8. The van der Waals surface area contributed by atoms with E-state index in [0.29, 0.717) is 0 Å². The van der Waals surface area contributed by atoms with Crippen molar-refractivity contribution in [1.29, 1.82) is 0 Å². The fraction of sp³-hybridized carbons (Fsp3) is 0.125. The van der Waals surface area contributed by atoms with Crippen LogP contribution in [0, 0.1) is 13.8 Å². The minimum absolute atomic E-state index is 0.284. The molecule has 22 heavy (non-hydrogen) atoms. The third-order valence-corrected chi connectivity index (χ3v) is 2.64. The van der Waals surface area contributed by atoms with E-state index in [-0.39, 0.29) is 11.5 Å². The molecule has 0 amide bonds. The molecule has 0 aliphatic rings. The van der Waals surface area contributed by atoms with Crippen molar-refractivity contribution in [2.24, 2.45) is 0 Å². The molecule has 0 unspecified atom stereocenters. The first-order valence-electron chi connectivity index (χ1n) is 6.45. The molecule has 114 valence electrons. The maximum atomic E-state index is 11.4. The predicted octanol–water partition coefficient (Wildman–Crippen LogP) is 2.68. The second-order valence-corrected chi connectivity index (χ2v) is 4.53. The third kappa shape index (κ3) is 4.52. The summed E-state index contributed by atoms with van der Waals surface area (Å²) in [5.41, 5.74) is 2.04. The van der Waals surface area contributed by atoms with Crippen LogP contribution in [-0.2, 0) is 19.4 Å². The van der Waals surface area contributed by atoms with Crippen molar-refractivity contribution in [3.05, 3.63) is 59.7 Å². The van der Waals surface area contributed by atoms with Crippen molar-refractivity contribution < 1.29 is 29.1 Å². The average molecular weight is 302 g/mol. The molecule has 2 aromatic carbocycles.